The Morgan fingerprint density at radius 3 is 2.68 bits per heavy atom. The summed E-state index contributed by atoms with van der Waals surface area (Å²) in [5.74, 6) is 2.44. The van der Waals surface area contributed by atoms with E-state index in [0.717, 1.165) is 27.9 Å². The van der Waals surface area contributed by atoms with Gasteiger partial charge in [0.25, 0.3) is 0 Å². The second-order valence-corrected chi connectivity index (χ2v) is 7.24. The zero-order chi connectivity index (χ0) is 13.2. The standard InChI is InChI=1S/C16H21BrClN/c17-15-9-12(5-6-16(15)18)13-7-8-19-10-14(13)11-3-1-2-4-11/h5-6,9,11,13-14,19H,1-4,7-8,10H2. The maximum absolute atomic E-state index is 6.12. The van der Waals surface area contributed by atoms with E-state index in [4.69, 9.17) is 11.6 Å². The summed E-state index contributed by atoms with van der Waals surface area (Å²) in [5.41, 5.74) is 1.47. The summed E-state index contributed by atoms with van der Waals surface area (Å²) in [7, 11) is 0. The van der Waals surface area contributed by atoms with E-state index >= 15 is 0 Å². The molecule has 0 bridgehead atoms. The molecule has 104 valence electrons. The molecule has 2 aliphatic rings. The number of hydrogen-bond acceptors (Lipinski definition) is 1. The first-order valence-electron chi connectivity index (χ1n) is 7.41. The van der Waals surface area contributed by atoms with Crippen LogP contribution in [0.1, 0.15) is 43.6 Å². The van der Waals surface area contributed by atoms with Gasteiger partial charge in [-0.15, -0.1) is 0 Å². The van der Waals surface area contributed by atoms with Crippen LogP contribution in [0, 0.1) is 11.8 Å². The molecule has 1 aliphatic heterocycles. The molecule has 1 saturated carbocycles. The van der Waals surface area contributed by atoms with Crippen LogP contribution in [-0.4, -0.2) is 13.1 Å². The van der Waals surface area contributed by atoms with Crippen molar-refractivity contribution in [1.82, 2.24) is 5.32 Å². The van der Waals surface area contributed by atoms with E-state index in [2.05, 4.69) is 33.4 Å². The van der Waals surface area contributed by atoms with E-state index < -0.39 is 0 Å². The Balaban J connectivity index is 1.84. The lowest BCUT2D eigenvalue weighted by Gasteiger charge is -2.36. The lowest BCUT2D eigenvalue weighted by atomic mass is 9.74. The minimum absolute atomic E-state index is 0.706. The molecule has 0 aromatic heterocycles. The highest BCUT2D eigenvalue weighted by molar-refractivity contribution is 9.10. The average molecular weight is 343 g/mol. The van der Waals surface area contributed by atoms with Crippen LogP contribution in [0.2, 0.25) is 5.02 Å². The molecule has 1 saturated heterocycles. The average Bonchev–Trinajstić information content (AvgIpc) is 2.96. The molecule has 1 aliphatic carbocycles. The molecule has 1 aromatic rings. The molecular weight excluding hydrogens is 322 g/mol. The van der Waals surface area contributed by atoms with E-state index in [0.29, 0.717) is 5.92 Å². The van der Waals surface area contributed by atoms with Crippen LogP contribution in [0.25, 0.3) is 0 Å². The van der Waals surface area contributed by atoms with Gasteiger partial charge in [-0.05, 0) is 70.9 Å². The highest BCUT2D eigenvalue weighted by Crippen LogP contribution is 2.42. The third kappa shape index (κ3) is 3.01. The van der Waals surface area contributed by atoms with Crippen LogP contribution in [-0.2, 0) is 0 Å². The molecule has 2 atom stereocenters. The monoisotopic (exact) mass is 341 g/mol. The van der Waals surface area contributed by atoms with Crippen molar-refractivity contribution >= 4 is 27.5 Å². The third-order valence-electron chi connectivity index (χ3n) is 4.91. The van der Waals surface area contributed by atoms with Crippen molar-refractivity contribution in [3.63, 3.8) is 0 Å². The number of nitrogens with one attached hydrogen (secondary N) is 1. The molecule has 3 rings (SSSR count). The Labute approximate surface area is 129 Å². The van der Waals surface area contributed by atoms with Gasteiger partial charge in [0.05, 0.1) is 5.02 Å². The maximum atomic E-state index is 6.12. The molecule has 1 aromatic carbocycles. The van der Waals surface area contributed by atoms with E-state index in [-0.39, 0.29) is 0 Å². The van der Waals surface area contributed by atoms with Gasteiger partial charge < -0.3 is 5.32 Å². The zero-order valence-corrected chi connectivity index (χ0v) is 13.5. The largest absolute Gasteiger partial charge is 0.316 e. The minimum Gasteiger partial charge on any atom is -0.316 e. The van der Waals surface area contributed by atoms with Gasteiger partial charge in [-0.3, -0.25) is 0 Å². The predicted octanol–water partition coefficient (Wildman–Crippen LogP) is 4.99. The molecule has 3 heteroatoms. The SMILES string of the molecule is Clc1ccc(C2CCNCC2C2CCCC2)cc1Br. The van der Waals surface area contributed by atoms with E-state index in [9.17, 15) is 0 Å². The Morgan fingerprint density at radius 1 is 1.16 bits per heavy atom. The van der Waals surface area contributed by atoms with Crippen LogP contribution >= 0.6 is 27.5 Å². The summed E-state index contributed by atoms with van der Waals surface area (Å²) >= 11 is 9.69. The van der Waals surface area contributed by atoms with E-state index in [1.807, 2.05) is 6.07 Å². The van der Waals surface area contributed by atoms with Crippen molar-refractivity contribution in [3.05, 3.63) is 33.3 Å². The van der Waals surface area contributed by atoms with Gasteiger partial charge in [0.2, 0.25) is 0 Å². The first-order chi connectivity index (χ1) is 9.25. The first-order valence-corrected chi connectivity index (χ1v) is 8.58. The number of piperidine rings is 1. The fourth-order valence-corrected chi connectivity index (χ4v) is 4.43. The molecule has 1 heterocycles. The summed E-state index contributed by atoms with van der Waals surface area (Å²) in [6.45, 7) is 2.34. The van der Waals surface area contributed by atoms with Crippen LogP contribution < -0.4 is 5.32 Å². The molecule has 0 amide bonds. The van der Waals surface area contributed by atoms with Gasteiger partial charge in [0.15, 0.2) is 0 Å². The third-order valence-corrected chi connectivity index (χ3v) is 6.12. The summed E-state index contributed by atoms with van der Waals surface area (Å²) in [6, 6.07) is 6.50. The number of hydrogen-bond donors (Lipinski definition) is 1. The Hall–Kier alpha value is -0.0500. The zero-order valence-electron chi connectivity index (χ0n) is 11.2. The van der Waals surface area contributed by atoms with Crippen LogP contribution in [0.15, 0.2) is 22.7 Å². The fraction of sp³-hybridized carbons (Fsp3) is 0.625. The van der Waals surface area contributed by atoms with Gasteiger partial charge in [0, 0.05) is 4.47 Å². The van der Waals surface area contributed by atoms with Gasteiger partial charge in [-0.25, -0.2) is 0 Å². The highest BCUT2D eigenvalue weighted by Gasteiger charge is 2.34. The molecule has 19 heavy (non-hydrogen) atoms. The highest BCUT2D eigenvalue weighted by atomic mass is 79.9. The van der Waals surface area contributed by atoms with Crippen molar-refractivity contribution in [2.24, 2.45) is 11.8 Å². The fourth-order valence-electron chi connectivity index (χ4n) is 3.92. The van der Waals surface area contributed by atoms with Crippen molar-refractivity contribution < 1.29 is 0 Å². The Morgan fingerprint density at radius 2 is 1.95 bits per heavy atom. The second kappa shape index (κ2) is 6.15. The summed E-state index contributed by atoms with van der Waals surface area (Å²) in [5, 5.41) is 4.41. The number of halogens is 2. The molecule has 0 radical (unpaired) electrons. The van der Waals surface area contributed by atoms with Gasteiger partial charge in [-0.2, -0.15) is 0 Å². The normalized spacial score (nSPS) is 28.7. The van der Waals surface area contributed by atoms with Crippen molar-refractivity contribution in [1.29, 1.82) is 0 Å². The van der Waals surface area contributed by atoms with E-state index in [1.54, 1.807) is 0 Å². The van der Waals surface area contributed by atoms with Crippen molar-refractivity contribution in [3.8, 4) is 0 Å². The molecule has 2 unspecified atom stereocenters. The Kier molecular flexibility index (Phi) is 4.51. The first kappa shape index (κ1) is 13.9. The van der Waals surface area contributed by atoms with Crippen LogP contribution in [0.5, 0.6) is 0 Å². The lowest BCUT2D eigenvalue weighted by molar-refractivity contribution is 0.231. The van der Waals surface area contributed by atoms with Crippen LogP contribution in [0.3, 0.4) is 0 Å². The summed E-state index contributed by atoms with van der Waals surface area (Å²) in [6.07, 6.45) is 6.97. The summed E-state index contributed by atoms with van der Waals surface area (Å²) in [4.78, 5) is 0. The number of benzene rings is 1. The molecular formula is C16H21BrClN. The molecule has 2 fully saturated rings. The Bertz CT molecular complexity index is 442. The van der Waals surface area contributed by atoms with E-state index in [1.165, 1.54) is 44.2 Å². The summed E-state index contributed by atoms with van der Waals surface area (Å²) < 4.78 is 1.04. The van der Waals surface area contributed by atoms with Crippen molar-refractivity contribution in [2.75, 3.05) is 13.1 Å². The maximum Gasteiger partial charge on any atom is 0.0548 e. The topological polar surface area (TPSA) is 12.0 Å². The molecule has 1 nitrogen and oxygen atoms in total. The minimum atomic E-state index is 0.706. The quantitative estimate of drug-likeness (QED) is 0.798. The smallest absolute Gasteiger partial charge is 0.0548 e. The van der Waals surface area contributed by atoms with Crippen molar-refractivity contribution in [2.45, 2.75) is 38.0 Å². The van der Waals surface area contributed by atoms with Gasteiger partial charge in [0.1, 0.15) is 0 Å². The lowest BCUT2D eigenvalue weighted by Crippen LogP contribution is -2.38. The molecule has 0 spiro atoms. The molecule has 1 N–H and O–H groups in total. The van der Waals surface area contributed by atoms with Gasteiger partial charge >= 0.3 is 0 Å². The second-order valence-electron chi connectivity index (χ2n) is 5.98. The van der Waals surface area contributed by atoms with Gasteiger partial charge in [-0.1, -0.05) is 43.4 Å². The van der Waals surface area contributed by atoms with Crippen LogP contribution in [0.4, 0.5) is 0 Å². The predicted molar refractivity (Wildman–Crippen MR) is 84.8 cm³/mol. The number of rotatable bonds is 2.